The van der Waals surface area contributed by atoms with Crippen LogP contribution >= 0.6 is 7.60 Å². The highest BCUT2D eigenvalue weighted by molar-refractivity contribution is 7.61. The average molecular weight is 320 g/mol. The zero-order valence-electron chi connectivity index (χ0n) is 12.2. The summed E-state index contributed by atoms with van der Waals surface area (Å²) < 4.78 is 22.0. The van der Waals surface area contributed by atoms with Crippen LogP contribution in [0.4, 0.5) is 0 Å². The summed E-state index contributed by atoms with van der Waals surface area (Å²) in [4.78, 5) is 21.2. The monoisotopic (exact) mass is 320 g/mol. The van der Waals surface area contributed by atoms with E-state index in [0.717, 1.165) is 10.8 Å². The van der Waals surface area contributed by atoms with Crippen molar-refractivity contribution in [2.24, 2.45) is 0 Å². The van der Waals surface area contributed by atoms with E-state index in [4.69, 9.17) is 9.26 Å². The molecule has 0 bridgehead atoms. The van der Waals surface area contributed by atoms with Crippen LogP contribution in [0.5, 0.6) is 0 Å². The first-order chi connectivity index (χ1) is 10.4. The fraction of sp³-hybridized carbons (Fsp3) is 0.188. The molecule has 1 atom stereocenters. The van der Waals surface area contributed by atoms with Gasteiger partial charge in [-0.1, -0.05) is 36.9 Å². The molecule has 0 heterocycles. The fourth-order valence-corrected chi connectivity index (χ4v) is 2.88. The third-order valence-corrected chi connectivity index (χ3v) is 4.45. The zero-order chi connectivity index (χ0) is 16.2. The maximum atomic E-state index is 12.2. The topological polar surface area (TPSA) is 72.8 Å². The molecular weight excluding hydrogens is 303 g/mol. The van der Waals surface area contributed by atoms with E-state index in [0.29, 0.717) is 0 Å². The summed E-state index contributed by atoms with van der Waals surface area (Å²) in [6.45, 7) is 4.69. The summed E-state index contributed by atoms with van der Waals surface area (Å²) in [5, 5.41) is 2.03. The maximum Gasteiger partial charge on any atom is 0.358 e. The van der Waals surface area contributed by atoms with Gasteiger partial charge in [0.15, 0.2) is 0 Å². The highest BCUT2D eigenvalue weighted by Gasteiger charge is 2.23. The Morgan fingerprint density at radius 2 is 1.86 bits per heavy atom. The van der Waals surface area contributed by atoms with Gasteiger partial charge in [0.05, 0.1) is 11.9 Å². The molecule has 116 valence electrons. The van der Waals surface area contributed by atoms with Crippen LogP contribution in [0.25, 0.3) is 10.8 Å². The molecule has 2 rings (SSSR count). The molecule has 5 nitrogen and oxygen atoms in total. The predicted octanol–water partition coefficient (Wildman–Crippen LogP) is 2.79. The van der Waals surface area contributed by atoms with Crippen LogP contribution in [0, 0.1) is 0 Å². The van der Waals surface area contributed by atoms with E-state index >= 15 is 0 Å². The van der Waals surface area contributed by atoms with Crippen LogP contribution in [-0.4, -0.2) is 24.1 Å². The fourth-order valence-electron chi connectivity index (χ4n) is 1.85. The van der Waals surface area contributed by atoms with Crippen LogP contribution in [0.15, 0.2) is 54.6 Å². The van der Waals surface area contributed by atoms with Crippen LogP contribution < -0.4 is 5.30 Å². The normalized spacial score (nSPS) is 13.5. The molecule has 2 aromatic rings. The third-order valence-electron chi connectivity index (χ3n) is 2.99. The number of carbonyl (C=O) groups excluding carboxylic acids is 1. The Bertz CT molecular complexity index is 753. The molecule has 0 saturated heterocycles. The maximum absolute atomic E-state index is 12.2. The average Bonchev–Trinajstić information content (AvgIpc) is 2.50. The minimum atomic E-state index is -3.95. The molecule has 2 aromatic carbocycles. The second kappa shape index (κ2) is 6.88. The van der Waals surface area contributed by atoms with E-state index in [2.05, 4.69) is 6.58 Å². The third kappa shape index (κ3) is 4.04. The highest BCUT2D eigenvalue weighted by Crippen LogP contribution is 2.41. The van der Waals surface area contributed by atoms with Gasteiger partial charge in [0.25, 0.3) is 0 Å². The quantitative estimate of drug-likeness (QED) is 0.383. The van der Waals surface area contributed by atoms with Gasteiger partial charge in [-0.05, 0) is 29.8 Å². The summed E-state index contributed by atoms with van der Waals surface area (Å²) in [5.41, 5.74) is 0.265. The van der Waals surface area contributed by atoms with Gasteiger partial charge >= 0.3 is 13.6 Å². The molecule has 0 aliphatic carbocycles. The minimum Gasteiger partial charge on any atom is -0.460 e. The molecule has 0 aromatic heterocycles. The Balaban J connectivity index is 2.01. The molecule has 0 amide bonds. The van der Waals surface area contributed by atoms with Gasteiger partial charge in [-0.3, -0.25) is 4.57 Å². The van der Waals surface area contributed by atoms with Crippen LogP contribution in [0.1, 0.15) is 6.92 Å². The number of hydrogen-bond acceptors (Lipinski definition) is 4. The zero-order valence-corrected chi connectivity index (χ0v) is 13.1. The van der Waals surface area contributed by atoms with Crippen molar-refractivity contribution >= 4 is 29.6 Å². The predicted molar refractivity (Wildman–Crippen MR) is 85.1 cm³/mol. The lowest BCUT2D eigenvalue weighted by Crippen LogP contribution is -2.13. The van der Waals surface area contributed by atoms with Crippen LogP contribution in [0.3, 0.4) is 0 Å². The Morgan fingerprint density at radius 1 is 1.18 bits per heavy atom. The van der Waals surface area contributed by atoms with Gasteiger partial charge in [0.2, 0.25) is 0 Å². The lowest BCUT2D eigenvalue weighted by atomic mass is 10.1. The second-order valence-electron chi connectivity index (χ2n) is 4.80. The number of rotatable bonds is 6. The number of fused-ring (bicyclic) bond motifs is 1. The van der Waals surface area contributed by atoms with Crippen molar-refractivity contribution in [3.8, 4) is 0 Å². The molecular formula is C16H17O5P. The first-order valence-corrected chi connectivity index (χ1v) is 8.27. The standard InChI is InChI=1S/C16H17O5P/c1-12(2)16(17)20-9-10-21-22(18,19)15-8-7-13-5-3-4-6-14(13)11-15/h3-8,11H,1,9-10H2,2H3,(H,18,19). The summed E-state index contributed by atoms with van der Waals surface area (Å²) in [6, 6.07) is 12.5. The van der Waals surface area contributed by atoms with E-state index in [1.165, 1.54) is 6.92 Å². The Morgan fingerprint density at radius 3 is 2.55 bits per heavy atom. The van der Waals surface area contributed by atoms with Crippen molar-refractivity contribution in [3.63, 3.8) is 0 Å². The first-order valence-electron chi connectivity index (χ1n) is 6.69. The SMILES string of the molecule is C=C(C)C(=O)OCCOP(=O)(O)c1ccc2ccccc2c1. The number of esters is 1. The van der Waals surface area contributed by atoms with Gasteiger partial charge in [-0.15, -0.1) is 0 Å². The van der Waals surface area contributed by atoms with Crippen molar-refractivity contribution in [1.82, 2.24) is 0 Å². The lowest BCUT2D eigenvalue weighted by Gasteiger charge is -2.13. The summed E-state index contributed by atoms with van der Waals surface area (Å²) in [7, 11) is -3.95. The van der Waals surface area contributed by atoms with Crippen LogP contribution in [-0.2, 0) is 18.6 Å². The van der Waals surface area contributed by atoms with Crippen LogP contribution in [0.2, 0.25) is 0 Å². The minimum absolute atomic E-state index is 0.107. The molecule has 0 radical (unpaired) electrons. The van der Waals surface area contributed by atoms with Gasteiger partial charge in [-0.2, -0.15) is 0 Å². The molecule has 0 fully saturated rings. The van der Waals surface area contributed by atoms with Crippen molar-refractivity contribution < 1.29 is 23.5 Å². The lowest BCUT2D eigenvalue weighted by molar-refractivity contribution is -0.139. The first kappa shape index (κ1) is 16.4. The molecule has 0 aliphatic heterocycles. The number of hydrogen-bond donors (Lipinski definition) is 1. The van der Waals surface area contributed by atoms with E-state index in [-0.39, 0.29) is 24.1 Å². The second-order valence-corrected chi connectivity index (χ2v) is 6.62. The number of ether oxygens (including phenoxy) is 1. The molecule has 1 unspecified atom stereocenters. The van der Waals surface area contributed by atoms with E-state index in [1.807, 2.05) is 24.3 Å². The largest absolute Gasteiger partial charge is 0.460 e. The van der Waals surface area contributed by atoms with Crippen molar-refractivity contribution in [3.05, 3.63) is 54.6 Å². The van der Waals surface area contributed by atoms with Gasteiger partial charge in [0, 0.05) is 5.57 Å². The Labute approximate surface area is 128 Å². The highest BCUT2D eigenvalue weighted by atomic mass is 31.2. The molecule has 0 saturated carbocycles. The number of benzene rings is 2. The summed E-state index contributed by atoms with van der Waals surface area (Å²) >= 11 is 0. The molecule has 1 N–H and O–H groups in total. The molecule has 22 heavy (non-hydrogen) atoms. The molecule has 0 aliphatic rings. The Hall–Kier alpha value is -1.94. The van der Waals surface area contributed by atoms with E-state index in [9.17, 15) is 14.3 Å². The van der Waals surface area contributed by atoms with Gasteiger partial charge < -0.3 is 14.2 Å². The van der Waals surface area contributed by atoms with E-state index in [1.54, 1.807) is 18.2 Å². The summed E-state index contributed by atoms with van der Waals surface area (Å²) in [5.74, 6) is -0.554. The smallest absolute Gasteiger partial charge is 0.358 e. The van der Waals surface area contributed by atoms with Crippen molar-refractivity contribution in [2.45, 2.75) is 6.92 Å². The van der Waals surface area contributed by atoms with Gasteiger partial charge in [0.1, 0.15) is 6.61 Å². The Kier molecular flexibility index (Phi) is 5.14. The summed E-state index contributed by atoms with van der Waals surface area (Å²) in [6.07, 6.45) is 0. The van der Waals surface area contributed by atoms with E-state index < -0.39 is 13.6 Å². The molecule has 6 heteroatoms. The van der Waals surface area contributed by atoms with Gasteiger partial charge in [-0.25, -0.2) is 4.79 Å². The van der Waals surface area contributed by atoms with Crippen molar-refractivity contribution in [2.75, 3.05) is 13.2 Å². The molecule has 0 spiro atoms. The van der Waals surface area contributed by atoms with Crippen molar-refractivity contribution in [1.29, 1.82) is 0 Å². The number of carbonyl (C=O) groups is 1.